The van der Waals surface area contributed by atoms with Crippen LogP contribution in [0.2, 0.25) is 0 Å². The van der Waals surface area contributed by atoms with Crippen LogP contribution in [0.25, 0.3) is 0 Å². The fourth-order valence-corrected chi connectivity index (χ4v) is 1.60. The lowest BCUT2D eigenvalue weighted by Crippen LogP contribution is -2.03. The number of rotatable bonds is 2. The SMILES string of the molecule is Cc1ccn(Cc2cccc(N)c2C)n1. The van der Waals surface area contributed by atoms with Crippen molar-refractivity contribution in [1.29, 1.82) is 0 Å². The molecule has 2 aromatic rings. The first-order valence-electron chi connectivity index (χ1n) is 5.01. The highest BCUT2D eigenvalue weighted by Crippen LogP contribution is 2.16. The summed E-state index contributed by atoms with van der Waals surface area (Å²) < 4.78 is 1.93. The summed E-state index contributed by atoms with van der Waals surface area (Å²) in [6, 6.07) is 7.99. The summed E-state index contributed by atoms with van der Waals surface area (Å²) in [6.07, 6.45) is 1.98. The number of benzene rings is 1. The Hall–Kier alpha value is -1.77. The second-order valence-electron chi connectivity index (χ2n) is 3.79. The van der Waals surface area contributed by atoms with Crippen LogP contribution >= 0.6 is 0 Å². The number of nitrogens with zero attached hydrogens (tertiary/aromatic N) is 2. The lowest BCUT2D eigenvalue weighted by Gasteiger charge is -2.08. The minimum absolute atomic E-state index is 0.782. The van der Waals surface area contributed by atoms with Crippen molar-refractivity contribution in [2.75, 3.05) is 5.73 Å². The molecule has 0 aliphatic heterocycles. The topological polar surface area (TPSA) is 43.8 Å². The minimum atomic E-state index is 0.782. The summed E-state index contributed by atoms with van der Waals surface area (Å²) in [5.41, 5.74) is 10.1. The zero-order chi connectivity index (χ0) is 10.8. The molecule has 0 saturated heterocycles. The van der Waals surface area contributed by atoms with Gasteiger partial charge in [-0.1, -0.05) is 12.1 Å². The van der Waals surface area contributed by atoms with E-state index in [2.05, 4.69) is 11.2 Å². The van der Waals surface area contributed by atoms with Gasteiger partial charge in [-0.25, -0.2) is 0 Å². The molecule has 1 aromatic carbocycles. The molecule has 0 fully saturated rings. The third kappa shape index (κ3) is 2.01. The average molecular weight is 201 g/mol. The Kier molecular flexibility index (Phi) is 2.46. The van der Waals surface area contributed by atoms with E-state index in [-0.39, 0.29) is 0 Å². The molecule has 3 nitrogen and oxygen atoms in total. The summed E-state index contributed by atoms with van der Waals surface area (Å²) in [6.45, 7) is 4.81. The molecular formula is C12H15N3. The van der Waals surface area contributed by atoms with Crippen molar-refractivity contribution in [1.82, 2.24) is 9.78 Å². The molecule has 0 aliphatic carbocycles. The van der Waals surface area contributed by atoms with E-state index < -0.39 is 0 Å². The second-order valence-corrected chi connectivity index (χ2v) is 3.79. The molecule has 0 spiro atoms. The van der Waals surface area contributed by atoms with E-state index >= 15 is 0 Å². The molecular weight excluding hydrogens is 186 g/mol. The van der Waals surface area contributed by atoms with Crippen LogP contribution in [0.5, 0.6) is 0 Å². The van der Waals surface area contributed by atoms with Crippen molar-refractivity contribution in [3.63, 3.8) is 0 Å². The Morgan fingerprint density at radius 1 is 1.27 bits per heavy atom. The molecule has 0 saturated carbocycles. The zero-order valence-electron chi connectivity index (χ0n) is 9.07. The number of hydrogen-bond donors (Lipinski definition) is 1. The Balaban J connectivity index is 2.28. The Bertz CT molecular complexity index is 471. The molecule has 0 amide bonds. The summed E-state index contributed by atoms with van der Waals surface area (Å²) >= 11 is 0. The highest BCUT2D eigenvalue weighted by Gasteiger charge is 2.02. The average Bonchev–Trinajstić information content (AvgIpc) is 2.59. The minimum Gasteiger partial charge on any atom is -0.399 e. The van der Waals surface area contributed by atoms with Gasteiger partial charge in [0.25, 0.3) is 0 Å². The van der Waals surface area contributed by atoms with Gasteiger partial charge in [0.1, 0.15) is 0 Å². The Morgan fingerprint density at radius 2 is 2.07 bits per heavy atom. The van der Waals surface area contributed by atoms with Gasteiger partial charge in [0.05, 0.1) is 12.2 Å². The molecule has 0 atom stereocenters. The number of anilines is 1. The van der Waals surface area contributed by atoms with Crippen molar-refractivity contribution in [2.24, 2.45) is 0 Å². The van der Waals surface area contributed by atoms with Crippen molar-refractivity contribution in [2.45, 2.75) is 20.4 Å². The highest BCUT2D eigenvalue weighted by molar-refractivity contribution is 5.49. The lowest BCUT2D eigenvalue weighted by atomic mass is 10.1. The van der Waals surface area contributed by atoms with Gasteiger partial charge in [0.2, 0.25) is 0 Å². The van der Waals surface area contributed by atoms with E-state index in [1.165, 1.54) is 5.56 Å². The van der Waals surface area contributed by atoms with Crippen LogP contribution in [0.15, 0.2) is 30.5 Å². The largest absolute Gasteiger partial charge is 0.399 e. The quantitative estimate of drug-likeness (QED) is 0.756. The third-order valence-electron chi connectivity index (χ3n) is 2.59. The maximum Gasteiger partial charge on any atom is 0.0662 e. The molecule has 0 unspecified atom stereocenters. The molecule has 3 heteroatoms. The van der Waals surface area contributed by atoms with E-state index in [1.807, 2.05) is 42.9 Å². The summed E-state index contributed by atoms with van der Waals surface area (Å²) in [5, 5.41) is 4.35. The van der Waals surface area contributed by atoms with Crippen LogP contribution in [0.4, 0.5) is 5.69 Å². The maximum absolute atomic E-state index is 5.85. The van der Waals surface area contributed by atoms with Crippen molar-refractivity contribution >= 4 is 5.69 Å². The monoisotopic (exact) mass is 201 g/mol. The van der Waals surface area contributed by atoms with Gasteiger partial charge in [-0.2, -0.15) is 5.10 Å². The van der Waals surface area contributed by atoms with Crippen LogP contribution in [-0.4, -0.2) is 9.78 Å². The van der Waals surface area contributed by atoms with Gasteiger partial charge in [-0.05, 0) is 37.1 Å². The van der Waals surface area contributed by atoms with Crippen LogP contribution < -0.4 is 5.73 Å². The molecule has 1 aromatic heterocycles. The number of aromatic nitrogens is 2. The zero-order valence-corrected chi connectivity index (χ0v) is 9.07. The summed E-state index contributed by atoms with van der Waals surface area (Å²) in [4.78, 5) is 0. The number of nitrogens with two attached hydrogens (primary N) is 1. The predicted octanol–water partition coefficient (Wildman–Crippen LogP) is 2.13. The van der Waals surface area contributed by atoms with Gasteiger partial charge in [-0.3, -0.25) is 4.68 Å². The van der Waals surface area contributed by atoms with E-state index in [4.69, 9.17) is 5.73 Å². The van der Waals surface area contributed by atoms with Gasteiger partial charge in [0.15, 0.2) is 0 Å². The van der Waals surface area contributed by atoms with Gasteiger partial charge in [-0.15, -0.1) is 0 Å². The number of nitrogen functional groups attached to an aromatic ring is 1. The van der Waals surface area contributed by atoms with Crippen LogP contribution in [0.1, 0.15) is 16.8 Å². The normalized spacial score (nSPS) is 10.5. The van der Waals surface area contributed by atoms with Crippen molar-refractivity contribution in [3.8, 4) is 0 Å². The van der Waals surface area contributed by atoms with Gasteiger partial charge < -0.3 is 5.73 Å². The predicted molar refractivity (Wildman–Crippen MR) is 61.7 cm³/mol. The van der Waals surface area contributed by atoms with E-state index in [1.54, 1.807) is 0 Å². The first-order chi connectivity index (χ1) is 7.16. The third-order valence-corrected chi connectivity index (χ3v) is 2.59. The van der Waals surface area contributed by atoms with Crippen LogP contribution in [-0.2, 0) is 6.54 Å². The number of hydrogen-bond acceptors (Lipinski definition) is 2. The molecule has 0 aliphatic rings. The fourth-order valence-electron chi connectivity index (χ4n) is 1.60. The summed E-state index contributed by atoms with van der Waals surface area (Å²) in [5.74, 6) is 0. The molecule has 78 valence electrons. The van der Waals surface area contributed by atoms with Crippen LogP contribution in [0.3, 0.4) is 0 Å². The highest BCUT2D eigenvalue weighted by atomic mass is 15.3. The van der Waals surface area contributed by atoms with E-state index in [0.29, 0.717) is 0 Å². The van der Waals surface area contributed by atoms with Gasteiger partial charge >= 0.3 is 0 Å². The Labute approximate surface area is 89.5 Å². The molecule has 0 bridgehead atoms. The lowest BCUT2D eigenvalue weighted by molar-refractivity contribution is 0.677. The molecule has 2 rings (SSSR count). The Morgan fingerprint density at radius 3 is 2.73 bits per heavy atom. The first-order valence-corrected chi connectivity index (χ1v) is 5.01. The fraction of sp³-hybridized carbons (Fsp3) is 0.250. The van der Waals surface area contributed by atoms with Crippen LogP contribution in [0, 0.1) is 13.8 Å². The molecule has 1 heterocycles. The standard InChI is InChI=1S/C12H15N3/c1-9-6-7-15(14-9)8-11-4-3-5-12(13)10(11)2/h3-7H,8,13H2,1-2H3. The van der Waals surface area contributed by atoms with E-state index in [0.717, 1.165) is 23.5 Å². The summed E-state index contributed by atoms with van der Waals surface area (Å²) in [7, 11) is 0. The van der Waals surface area contributed by atoms with Crippen molar-refractivity contribution < 1.29 is 0 Å². The molecule has 15 heavy (non-hydrogen) atoms. The maximum atomic E-state index is 5.85. The van der Waals surface area contributed by atoms with E-state index in [9.17, 15) is 0 Å². The molecule has 2 N–H and O–H groups in total. The van der Waals surface area contributed by atoms with Gasteiger partial charge in [0, 0.05) is 11.9 Å². The first kappa shape index (κ1) is 9.77. The van der Waals surface area contributed by atoms with Crippen molar-refractivity contribution in [3.05, 3.63) is 47.3 Å². The second kappa shape index (κ2) is 3.77. The molecule has 0 radical (unpaired) electrons. The smallest absolute Gasteiger partial charge is 0.0662 e. The number of aryl methyl sites for hydroxylation is 1.